The average Bonchev–Trinajstić information content (AvgIpc) is 2.73. The molecule has 1 amide bonds. The van der Waals surface area contributed by atoms with Crippen molar-refractivity contribution in [3.05, 3.63) is 0 Å². The summed E-state index contributed by atoms with van der Waals surface area (Å²) in [5.74, 6) is 0.231. The van der Waals surface area contributed by atoms with Crippen molar-refractivity contribution in [1.82, 2.24) is 9.80 Å². The van der Waals surface area contributed by atoms with E-state index in [4.69, 9.17) is 4.74 Å². The molecule has 0 spiro atoms. The Kier molecular flexibility index (Phi) is 4.95. The van der Waals surface area contributed by atoms with E-state index >= 15 is 0 Å². The molecule has 0 radical (unpaired) electrons. The average molecular weight is 242 g/mol. The summed E-state index contributed by atoms with van der Waals surface area (Å²) in [5, 5.41) is 0. The number of carbonyl (C=O) groups is 1. The normalized spacial score (nSPS) is 21.8. The van der Waals surface area contributed by atoms with E-state index in [2.05, 4.69) is 25.7 Å². The van der Waals surface area contributed by atoms with Crippen LogP contribution in [0.1, 0.15) is 33.6 Å². The highest BCUT2D eigenvalue weighted by Gasteiger charge is 2.38. The van der Waals surface area contributed by atoms with Crippen molar-refractivity contribution >= 4 is 5.91 Å². The van der Waals surface area contributed by atoms with Crippen LogP contribution in [-0.4, -0.2) is 61.1 Å². The van der Waals surface area contributed by atoms with E-state index in [1.54, 1.807) is 12.0 Å². The number of hydrogen-bond donors (Lipinski definition) is 0. The van der Waals surface area contributed by atoms with Gasteiger partial charge in [-0.05, 0) is 40.2 Å². The van der Waals surface area contributed by atoms with E-state index in [1.807, 2.05) is 7.05 Å². The van der Waals surface area contributed by atoms with Gasteiger partial charge in [0, 0.05) is 26.2 Å². The van der Waals surface area contributed by atoms with Crippen LogP contribution in [0.5, 0.6) is 0 Å². The smallest absolute Gasteiger partial charge is 0.239 e. The molecule has 1 fully saturated rings. The topological polar surface area (TPSA) is 32.8 Å². The highest BCUT2D eigenvalue weighted by Crippen LogP contribution is 2.27. The summed E-state index contributed by atoms with van der Waals surface area (Å²) in [7, 11) is 3.52. The van der Waals surface area contributed by atoms with Gasteiger partial charge in [-0.1, -0.05) is 0 Å². The van der Waals surface area contributed by atoms with Gasteiger partial charge in [0.25, 0.3) is 0 Å². The highest BCUT2D eigenvalue weighted by molar-refractivity contribution is 5.82. The van der Waals surface area contributed by atoms with Crippen molar-refractivity contribution in [2.75, 3.05) is 33.9 Å². The fraction of sp³-hybridized carbons (Fsp3) is 0.923. The summed E-state index contributed by atoms with van der Waals surface area (Å²) in [5.41, 5.74) is 0.0684. The largest absolute Gasteiger partial charge is 0.383 e. The van der Waals surface area contributed by atoms with Gasteiger partial charge in [-0.3, -0.25) is 9.69 Å². The molecule has 0 bridgehead atoms. The van der Waals surface area contributed by atoms with Crippen LogP contribution in [0.15, 0.2) is 0 Å². The van der Waals surface area contributed by atoms with E-state index < -0.39 is 0 Å². The third-order valence-electron chi connectivity index (χ3n) is 3.41. The van der Waals surface area contributed by atoms with Crippen LogP contribution in [0.2, 0.25) is 0 Å². The van der Waals surface area contributed by atoms with Crippen LogP contribution < -0.4 is 0 Å². The summed E-state index contributed by atoms with van der Waals surface area (Å²) in [6.07, 6.45) is 2.10. The van der Waals surface area contributed by atoms with Crippen molar-refractivity contribution < 1.29 is 9.53 Å². The van der Waals surface area contributed by atoms with E-state index in [9.17, 15) is 4.79 Å². The van der Waals surface area contributed by atoms with E-state index in [-0.39, 0.29) is 17.5 Å². The molecule has 0 saturated carbocycles. The molecule has 0 aromatic carbocycles. The molecular weight excluding hydrogens is 216 g/mol. The van der Waals surface area contributed by atoms with Gasteiger partial charge < -0.3 is 9.64 Å². The molecule has 1 heterocycles. The fourth-order valence-corrected chi connectivity index (χ4v) is 2.42. The number of likely N-dealkylation sites (N-methyl/N-ethyl adjacent to an activating group) is 1. The molecule has 1 rings (SSSR count). The second-order valence-electron chi connectivity index (χ2n) is 5.77. The molecule has 0 aliphatic carbocycles. The molecular formula is C13H26N2O2. The number of nitrogens with zero attached hydrogens (tertiary/aromatic N) is 2. The first-order chi connectivity index (χ1) is 7.88. The number of ether oxygens (including phenoxy) is 1. The van der Waals surface area contributed by atoms with Gasteiger partial charge in [0.2, 0.25) is 5.91 Å². The third kappa shape index (κ3) is 3.68. The zero-order valence-electron chi connectivity index (χ0n) is 11.8. The molecule has 0 unspecified atom stereocenters. The van der Waals surface area contributed by atoms with Crippen LogP contribution in [0.3, 0.4) is 0 Å². The van der Waals surface area contributed by atoms with Gasteiger partial charge in [-0.25, -0.2) is 0 Å². The zero-order chi connectivity index (χ0) is 13.1. The van der Waals surface area contributed by atoms with Crippen LogP contribution in [0, 0.1) is 0 Å². The van der Waals surface area contributed by atoms with Gasteiger partial charge in [-0.15, -0.1) is 0 Å². The number of likely N-dealkylation sites (tertiary alicyclic amines) is 1. The first-order valence-electron chi connectivity index (χ1n) is 6.38. The molecule has 0 N–H and O–H groups in total. The lowest BCUT2D eigenvalue weighted by atomic mass is 10.0. The number of hydrogen-bond acceptors (Lipinski definition) is 3. The molecule has 4 heteroatoms. The number of carbonyl (C=O) groups excluding carboxylic acids is 1. The summed E-state index contributed by atoms with van der Waals surface area (Å²) in [6, 6.07) is 0.0526. The van der Waals surface area contributed by atoms with Crippen LogP contribution in [0.4, 0.5) is 0 Å². The van der Waals surface area contributed by atoms with Gasteiger partial charge in [0.05, 0.1) is 12.6 Å². The molecule has 17 heavy (non-hydrogen) atoms. The lowest BCUT2D eigenvalue weighted by Gasteiger charge is -2.37. The van der Waals surface area contributed by atoms with Gasteiger partial charge >= 0.3 is 0 Å². The number of rotatable bonds is 4. The minimum Gasteiger partial charge on any atom is -0.383 e. The SMILES string of the molecule is COCCN(C)C(=O)[C@@H]1CCCN1C(C)(C)C. The first-order valence-corrected chi connectivity index (χ1v) is 6.38. The molecule has 1 aliphatic heterocycles. The van der Waals surface area contributed by atoms with Crippen molar-refractivity contribution in [2.45, 2.75) is 45.2 Å². The Labute approximate surface area is 105 Å². The summed E-state index contributed by atoms with van der Waals surface area (Å²) >= 11 is 0. The minimum absolute atomic E-state index is 0.0526. The van der Waals surface area contributed by atoms with E-state index in [0.717, 1.165) is 19.4 Å². The predicted octanol–water partition coefficient (Wildman–Crippen LogP) is 1.35. The Morgan fingerprint density at radius 2 is 2.12 bits per heavy atom. The molecule has 0 aromatic heterocycles. The Bertz CT molecular complexity index is 261. The Morgan fingerprint density at radius 1 is 1.47 bits per heavy atom. The standard InChI is InChI=1S/C13H26N2O2/c1-13(2,3)15-8-6-7-11(15)12(16)14(4)9-10-17-5/h11H,6-10H2,1-5H3/t11-/m0/s1. The second kappa shape index (κ2) is 5.83. The van der Waals surface area contributed by atoms with Crippen LogP contribution in [-0.2, 0) is 9.53 Å². The molecule has 1 atom stereocenters. The maximum atomic E-state index is 12.3. The third-order valence-corrected chi connectivity index (χ3v) is 3.41. The quantitative estimate of drug-likeness (QED) is 0.746. The Hall–Kier alpha value is -0.610. The minimum atomic E-state index is 0.0526. The highest BCUT2D eigenvalue weighted by atomic mass is 16.5. The van der Waals surface area contributed by atoms with Crippen molar-refractivity contribution in [1.29, 1.82) is 0 Å². The molecule has 1 aliphatic rings. The summed E-state index contributed by atoms with van der Waals surface area (Å²) < 4.78 is 5.01. The van der Waals surface area contributed by atoms with Crippen molar-refractivity contribution in [3.8, 4) is 0 Å². The maximum absolute atomic E-state index is 12.3. The number of amides is 1. The molecule has 1 saturated heterocycles. The molecule has 4 nitrogen and oxygen atoms in total. The number of methoxy groups -OCH3 is 1. The summed E-state index contributed by atoms with van der Waals surface area (Å²) in [6.45, 7) is 8.82. The predicted molar refractivity (Wildman–Crippen MR) is 69.0 cm³/mol. The lowest BCUT2D eigenvalue weighted by Crippen LogP contribution is -2.51. The first kappa shape index (κ1) is 14.5. The van der Waals surface area contributed by atoms with Crippen LogP contribution in [0.25, 0.3) is 0 Å². The van der Waals surface area contributed by atoms with E-state index in [1.165, 1.54) is 0 Å². The maximum Gasteiger partial charge on any atom is 0.239 e. The summed E-state index contributed by atoms with van der Waals surface area (Å²) in [4.78, 5) is 16.4. The Balaban J connectivity index is 2.61. The second-order valence-corrected chi connectivity index (χ2v) is 5.77. The van der Waals surface area contributed by atoms with Crippen molar-refractivity contribution in [2.24, 2.45) is 0 Å². The van der Waals surface area contributed by atoms with Gasteiger partial charge in [0.1, 0.15) is 0 Å². The monoisotopic (exact) mass is 242 g/mol. The van der Waals surface area contributed by atoms with Gasteiger partial charge in [-0.2, -0.15) is 0 Å². The molecule has 100 valence electrons. The van der Waals surface area contributed by atoms with Crippen LogP contribution >= 0.6 is 0 Å². The van der Waals surface area contributed by atoms with E-state index in [0.29, 0.717) is 13.2 Å². The lowest BCUT2D eigenvalue weighted by molar-refractivity contribution is -0.136. The Morgan fingerprint density at radius 3 is 2.65 bits per heavy atom. The molecule has 0 aromatic rings. The fourth-order valence-electron chi connectivity index (χ4n) is 2.42. The van der Waals surface area contributed by atoms with Gasteiger partial charge in [0.15, 0.2) is 0 Å². The zero-order valence-corrected chi connectivity index (χ0v) is 11.8. The van der Waals surface area contributed by atoms with Crippen molar-refractivity contribution in [3.63, 3.8) is 0 Å².